The molecule has 2 heterocycles. The average Bonchev–Trinajstić information content (AvgIpc) is 2.67. The molecule has 2 aromatic rings. The summed E-state index contributed by atoms with van der Waals surface area (Å²) < 4.78 is 13.7. The van der Waals surface area contributed by atoms with Crippen molar-refractivity contribution < 1.29 is 14.0 Å². The highest BCUT2D eigenvalue weighted by molar-refractivity contribution is 6.33. The van der Waals surface area contributed by atoms with Crippen LogP contribution in [0.3, 0.4) is 0 Å². The highest BCUT2D eigenvalue weighted by atomic mass is 35.5. The number of carbonyl (C=O) groups is 2. The molecular weight excluding hydrogens is 359 g/mol. The first-order valence-electron chi connectivity index (χ1n) is 8.22. The summed E-state index contributed by atoms with van der Waals surface area (Å²) in [4.78, 5) is 32.5. The maximum atomic E-state index is 13.7. The third-order valence-corrected chi connectivity index (χ3v) is 4.51. The molecule has 1 aromatic heterocycles. The number of hydrogen-bond acceptors (Lipinski definition) is 4. The zero-order chi connectivity index (χ0) is 18.5. The summed E-state index contributed by atoms with van der Waals surface area (Å²) in [6, 6.07) is 9.70. The number of pyridine rings is 1. The minimum atomic E-state index is -0.716. The Bertz CT molecular complexity index is 775. The minimum Gasteiger partial charge on any atom is -0.353 e. The topological polar surface area (TPSA) is 65.5 Å². The van der Waals surface area contributed by atoms with E-state index in [0.29, 0.717) is 26.2 Å². The molecule has 0 atom stereocenters. The zero-order valence-electron chi connectivity index (χ0n) is 14.0. The molecule has 1 aliphatic rings. The molecule has 1 aromatic carbocycles. The lowest BCUT2D eigenvalue weighted by molar-refractivity contribution is -0.130. The van der Waals surface area contributed by atoms with Gasteiger partial charge < -0.3 is 15.1 Å². The summed E-state index contributed by atoms with van der Waals surface area (Å²) in [5, 5.41) is 2.45. The number of hydrogen-bond donors (Lipinski definition) is 1. The van der Waals surface area contributed by atoms with E-state index in [0.717, 1.165) is 11.9 Å². The summed E-state index contributed by atoms with van der Waals surface area (Å²) in [6.07, 6.45) is 1.73. The lowest BCUT2D eigenvalue weighted by atomic mass is 10.2. The molecule has 136 valence electrons. The molecule has 0 aliphatic carbocycles. The molecule has 1 aliphatic heterocycles. The first-order valence-corrected chi connectivity index (χ1v) is 8.60. The quantitative estimate of drug-likeness (QED) is 0.885. The van der Waals surface area contributed by atoms with Crippen molar-refractivity contribution in [3.05, 3.63) is 59.0 Å². The van der Waals surface area contributed by atoms with Crippen LogP contribution in [0, 0.1) is 5.82 Å². The molecule has 26 heavy (non-hydrogen) atoms. The Kier molecular flexibility index (Phi) is 5.68. The van der Waals surface area contributed by atoms with Gasteiger partial charge in [0.2, 0.25) is 5.91 Å². The number of carbonyl (C=O) groups excluding carboxylic acids is 2. The molecule has 0 unspecified atom stereocenters. The van der Waals surface area contributed by atoms with Crippen molar-refractivity contribution >= 4 is 29.2 Å². The van der Waals surface area contributed by atoms with Crippen LogP contribution in [0.25, 0.3) is 0 Å². The van der Waals surface area contributed by atoms with Crippen LogP contribution < -0.4 is 10.2 Å². The van der Waals surface area contributed by atoms with Crippen molar-refractivity contribution in [2.75, 3.05) is 37.6 Å². The van der Waals surface area contributed by atoms with E-state index in [4.69, 9.17) is 11.6 Å². The number of anilines is 1. The van der Waals surface area contributed by atoms with Gasteiger partial charge in [0.05, 0.1) is 17.1 Å². The lowest BCUT2D eigenvalue weighted by Crippen LogP contribution is -2.51. The van der Waals surface area contributed by atoms with Crippen LogP contribution in [0.15, 0.2) is 42.6 Å². The molecule has 1 fully saturated rings. The van der Waals surface area contributed by atoms with E-state index in [2.05, 4.69) is 15.2 Å². The third kappa shape index (κ3) is 4.11. The second-order valence-corrected chi connectivity index (χ2v) is 6.24. The van der Waals surface area contributed by atoms with Crippen molar-refractivity contribution in [1.29, 1.82) is 0 Å². The third-order valence-electron chi connectivity index (χ3n) is 4.20. The summed E-state index contributed by atoms with van der Waals surface area (Å²) in [7, 11) is 0. The van der Waals surface area contributed by atoms with Crippen LogP contribution in [0.5, 0.6) is 0 Å². The normalized spacial score (nSPS) is 14.2. The summed E-state index contributed by atoms with van der Waals surface area (Å²) in [5.74, 6) is -0.756. The van der Waals surface area contributed by atoms with Gasteiger partial charge in [-0.05, 0) is 24.3 Å². The van der Waals surface area contributed by atoms with Gasteiger partial charge in [0, 0.05) is 32.4 Å². The maximum Gasteiger partial charge on any atom is 0.256 e. The van der Waals surface area contributed by atoms with Gasteiger partial charge in [-0.15, -0.1) is 0 Å². The molecule has 2 amide bonds. The number of nitrogens with one attached hydrogen (secondary N) is 1. The van der Waals surface area contributed by atoms with Gasteiger partial charge >= 0.3 is 0 Å². The first kappa shape index (κ1) is 18.1. The van der Waals surface area contributed by atoms with Gasteiger partial charge in [-0.25, -0.2) is 9.37 Å². The molecule has 8 heteroatoms. The van der Waals surface area contributed by atoms with E-state index in [-0.39, 0.29) is 23.0 Å². The number of amides is 2. The van der Waals surface area contributed by atoms with E-state index >= 15 is 0 Å². The molecule has 1 saturated heterocycles. The molecule has 3 rings (SSSR count). The second kappa shape index (κ2) is 8.14. The van der Waals surface area contributed by atoms with E-state index in [1.165, 1.54) is 12.1 Å². The van der Waals surface area contributed by atoms with E-state index in [1.807, 2.05) is 18.2 Å². The summed E-state index contributed by atoms with van der Waals surface area (Å²) >= 11 is 5.86. The fraction of sp³-hybridized carbons (Fsp3) is 0.278. The van der Waals surface area contributed by atoms with E-state index in [1.54, 1.807) is 11.1 Å². The largest absolute Gasteiger partial charge is 0.353 e. The highest BCUT2D eigenvalue weighted by Gasteiger charge is 2.23. The van der Waals surface area contributed by atoms with Crippen molar-refractivity contribution in [2.24, 2.45) is 0 Å². The molecule has 6 nitrogen and oxygen atoms in total. The number of piperazine rings is 1. The number of benzene rings is 1. The molecule has 0 saturated carbocycles. The van der Waals surface area contributed by atoms with E-state index < -0.39 is 11.7 Å². The van der Waals surface area contributed by atoms with Crippen molar-refractivity contribution in [3.63, 3.8) is 0 Å². The van der Waals surface area contributed by atoms with Crippen LogP contribution in [0.2, 0.25) is 5.02 Å². The standard InChI is InChI=1S/C18H18ClFN4O2/c19-13-4-3-5-14(20)17(13)18(26)22-12-16(25)24-10-8-23(9-11-24)15-6-1-2-7-21-15/h1-7H,8-12H2,(H,22,26). The van der Waals surface area contributed by atoms with Crippen molar-refractivity contribution in [2.45, 2.75) is 0 Å². The van der Waals surface area contributed by atoms with Crippen LogP contribution >= 0.6 is 11.6 Å². The molecule has 0 bridgehead atoms. The molecule has 1 N–H and O–H groups in total. The number of halogens is 2. The predicted molar refractivity (Wildman–Crippen MR) is 96.8 cm³/mol. The maximum absolute atomic E-state index is 13.7. The smallest absolute Gasteiger partial charge is 0.256 e. The van der Waals surface area contributed by atoms with E-state index in [9.17, 15) is 14.0 Å². The highest BCUT2D eigenvalue weighted by Crippen LogP contribution is 2.18. The van der Waals surface area contributed by atoms with Crippen LogP contribution in [0.1, 0.15) is 10.4 Å². The Morgan fingerprint density at radius 1 is 1.12 bits per heavy atom. The molecule has 0 spiro atoms. The second-order valence-electron chi connectivity index (χ2n) is 5.84. The summed E-state index contributed by atoms with van der Waals surface area (Å²) in [6.45, 7) is 2.19. The fourth-order valence-electron chi connectivity index (χ4n) is 2.80. The van der Waals surface area contributed by atoms with Gasteiger partial charge in [-0.2, -0.15) is 0 Å². The summed E-state index contributed by atoms with van der Waals surface area (Å²) in [5.41, 5.74) is -0.248. The first-order chi connectivity index (χ1) is 12.6. The Balaban J connectivity index is 1.51. The van der Waals surface area contributed by atoms with Crippen molar-refractivity contribution in [3.8, 4) is 0 Å². The van der Waals surface area contributed by atoms with Crippen LogP contribution in [0.4, 0.5) is 10.2 Å². The van der Waals surface area contributed by atoms with Gasteiger partial charge in [0.1, 0.15) is 11.6 Å². The van der Waals surface area contributed by atoms with Gasteiger partial charge in [-0.3, -0.25) is 9.59 Å². The number of nitrogens with zero attached hydrogens (tertiary/aromatic N) is 3. The minimum absolute atomic E-state index is 0.0129. The van der Waals surface area contributed by atoms with Gasteiger partial charge in [-0.1, -0.05) is 23.7 Å². The monoisotopic (exact) mass is 376 g/mol. The fourth-order valence-corrected chi connectivity index (χ4v) is 3.05. The Hall–Kier alpha value is -2.67. The van der Waals surface area contributed by atoms with Crippen LogP contribution in [-0.4, -0.2) is 54.4 Å². The zero-order valence-corrected chi connectivity index (χ0v) is 14.7. The Morgan fingerprint density at radius 2 is 1.88 bits per heavy atom. The number of rotatable bonds is 4. The van der Waals surface area contributed by atoms with Gasteiger partial charge in [0.15, 0.2) is 0 Å². The predicted octanol–water partition coefficient (Wildman–Crippen LogP) is 1.95. The lowest BCUT2D eigenvalue weighted by Gasteiger charge is -2.35. The Morgan fingerprint density at radius 3 is 2.54 bits per heavy atom. The van der Waals surface area contributed by atoms with Crippen molar-refractivity contribution in [1.82, 2.24) is 15.2 Å². The van der Waals surface area contributed by atoms with Crippen LogP contribution in [-0.2, 0) is 4.79 Å². The SMILES string of the molecule is O=C(NCC(=O)N1CCN(c2ccccn2)CC1)c1c(F)cccc1Cl. The Labute approximate surface area is 155 Å². The molecular formula is C18H18ClFN4O2. The average molecular weight is 377 g/mol. The number of aromatic nitrogens is 1. The van der Waals surface area contributed by atoms with Gasteiger partial charge in [0.25, 0.3) is 5.91 Å². The molecule has 0 radical (unpaired) electrons.